The van der Waals surface area contributed by atoms with Gasteiger partial charge in [0, 0.05) is 18.1 Å². The predicted molar refractivity (Wildman–Crippen MR) is 101 cm³/mol. The summed E-state index contributed by atoms with van der Waals surface area (Å²) in [6.07, 6.45) is 1.50. The standard InChI is InChI=1S/C19H25ClN2O5/c1-3-4-9-26-18(24)11-15-19(25)21-7-8-22(15)17(23)12-27-16-6-5-14(20)10-13(16)2/h5-6,10,15H,3-4,7-9,11-12H2,1-2H3,(H,21,25)/t15-/m1/s1. The Bertz CT molecular complexity index is 695. The first-order valence-electron chi connectivity index (χ1n) is 9.04. The molecule has 2 amide bonds. The number of halogens is 1. The maximum Gasteiger partial charge on any atom is 0.308 e. The van der Waals surface area contributed by atoms with Crippen LogP contribution < -0.4 is 10.1 Å². The van der Waals surface area contributed by atoms with Crippen molar-refractivity contribution in [3.8, 4) is 5.75 Å². The van der Waals surface area contributed by atoms with Gasteiger partial charge in [-0.1, -0.05) is 24.9 Å². The molecule has 0 radical (unpaired) electrons. The highest BCUT2D eigenvalue weighted by Crippen LogP contribution is 2.22. The second-order valence-corrected chi connectivity index (χ2v) is 6.81. The molecule has 1 aromatic rings. The van der Waals surface area contributed by atoms with Crippen molar-refractivity contribution in [1.82, 2.24) is 10.2 Å². The third-order valence-corrected chi connectivity index (χ3v) is 4.50. The lowest BCUT2D eigenvalue weighted by molar-refractivity contribution is -0.152. The van der Waals surface area contributed by atoms with Crippen molar-refractivity contribution in [3.63, 3.8) is 0 Å². The van der Waals surface area contributed by atoms with Gasteiger partial charge in [0.05, 0.1) is 13.0 Å². The second kappa shape index (κ2) is 10.2. The van der Waals surface area contributed by atoms with E-state index in [0.717, 1.165) is 18.4 Å². The highest BCUT2D eigenvalue weighted by molar-refractivity contribution is 6.30. The summed E-state index contributed by atoms with van der Waals surface area (Å²) in [6.45, 7) is 4.57. The van der Waals surface area contributed by atoms with Crippen molar-refractivity contribution >= 4 is 29.4 Å². The minimum absolute atomic E-state index is 0.165. The minimum Gasteiger partial charge on any atom is -0.483 e. The number of ether oxygens (including phenoxy) is 2. The summed E-state index contributed by atoms with van der Waals surface area (Å²) in [4.78, 5) is 38.1. The number of unbranched alkanes of at least 4 members (excludes halogenated alkanes) is 1. The molecule has 1 heterocycles. The zero-order valence-corrected chi connectivity index (χ0v) is 16.4. The third-order valence-electron chi connectivity index (χ3n) is 4.26. The number of nitrogens with one attached hydrogen (secondary N) is 1. The average Bonchev–Trinajstić information content (AvgIpc) is 2.62. The molecular formula is C19H25ClN2O5. The van der Waals surface area contributed by atoms with Crippen LogP contribution in [0.15, 0.2) is 18.2 Å². The average molecular weight is 397 g/mol. The molecule has 0 unspecified atom stereocenters. The number of benzene rings is 1. The van der Waals surface area contributed by atoms with Crippen LogP contribution in [-0.2, 0) is 19.1 Å². The van der Waals surface area contributed by atoms with Crippen LogP contribution >= 0.6 is 11.6 Å². The lowest BCUT2D eigenvalue weighted by Crippen LogP contribution is -2.58. The molecule has 1 saturated heterocycles. The number of piperazine rings is 1. The molecule has 1 aromatic carbocycles. The highest BCUT2D eigenvalue weighted by Gasteiger charge is 2.35. The van der Waals surface area contributed by atoms with Crippen molar-refractivity contribution < 1.29 is 23.9 Å². The normalized spacial score (nSPS) is 16.6. The van der Waals surface area contributed by atoms with Gasteiger partial charge in [0.25, 0.3) is 5.91 Å². The number of carbonyl (C=O) groups is 3. The Morgan fingerprint density at radius 1 is 1.37 bits per heavy atom. The van der Waals surface area contributed by atoms with Gasteiger partial charge in [-0.25, -0.2) is 0 Å². The summed E-state index contributed by atoms with van der Waals surface area (Å²) in [5.41, 5.74) is 0.808. The lowest BCUT2D eigenvalue weighted by atomic mass is 10.1. The second-order valence-electron chi connectivity index (χ2n) is 6.37. The van der Waals surface area contributed by atoms with Crippen LogP contribution in [0.25, 0.3) is 0 Å². The van der Waals surface area contributed by atoms with Gasteiger partial charge in [0.15, 0.2) is 6.61 Å². The van der Waals surface area contributed by atoms with Gasteiger partial charge in [0.1, 0.15) is 11.8 Å². The maximum absolute atomic E-state index is 12.6. The summed E-state index contributed by atoms with van der Waals surface area (Å²) in [7, 11) is 0. The van der Waals surface area contributed by atoms with E-state index in [4.69, 9.17) is 21.1 Å². The number of esters is 1. The number of rotatable bonds is 8. The zero-order valence-electron chi connectivity index (χ0n) is 15.6. The van der Waals surface area contributed by atoms with Crippen LogP contribution in [0.5, 0.6) is 5.75 Å². The van der Waals surface area contributed by atoms with Crippen molar-refractivity contribution in [1.29, 1.82) is 0 Å². The molecule has 0 aliphatic carbocycles. The molecule has 0 bridgehead atoms. The van der Waals surface area contributed by atoms with Crippen LogP contribution in [0.2, 0.25) is 5.02 Å². The quantitative estimate of drug-likeness (QED) is 0.537. The van der Waals surface area contributed by atoms with Crippen molar-refractivity contribution in [2.24, 2.45) is 0 Å². The fraction of sp³-hybridized carbons (Fsp3) is 0.526. The number of hydrogen-bond donors (Lipinski definition) is 1. The molecule has 8 heteroatoms. The van der Waals surface area contributed by atoms with E-state index < -0.39 is 12.0 Å². The Hall–Kier alpha value is -2.28. The van der Waals surface area contributed by atoms with Gasteiger partial charge in [-0.3, -0.25) is 14.4 Å². The van der Waals surface area contributed by atoms with E-state index in [1.807, 2.05) is 13.8 Å². The van der Waals surface area contributed by atoms with E-state index in [1.165, 1.54) is 4.90 Å². The first kappa shape index (κ1) is 21.0. The first-order valence-corrected chi connectivity index (χ1v) is 9.42. The van der Waals surface area contributed by atoms with Crippen LogP contribution in [0.1, 0.15) is 31.7 Å². The molecule has 1 atom stereocenters. The van der Waals surface area contributed by atoms with Gasteiger partial charge in [-0.2, -0.15) is 0 Å². The number of carbonyl (C=O) groups excluding carboxylic acids is 3. The Kier molecular flexibility index (Phi) is 7.91. The van der Waals surface area contributed by atoms with Crippen molar-refractivity contribution in [2.75, 3.05) is 26.3 Å². The molecule has 2 rings (SSSR count). The van der Waals surface area contributed by atoms with Crippen molar-refractivity contribution in [2.45, 2.75) is 39.2 Å². The molecule has 0 saturated carbocycles. The third kappa shape index (κ3) is 6.13. The molecule has 1 N–H and O–H groups in total. The largest absolute Gasteiger partial charge is 0.483 e. The van der Waals surface area contributed by atoms with Crippen LogP contribution in [-0.4, -0.2) is 55.0 Å². The molecule has 0 aromatic heterocycles. The Labute approximate surface area is 163 Å². The lowest BCUT2D eigenvalue weighted by Gasteiger charge is -2.34. The molecule has 148 valence electrons. The number of aryl methyl sites for hydroxylation is 1. The molecule has 7 nitrogen and oxygen atoms in total. The fourth-order valence-corrected chi connectivity index (χ4v) is 2.99. The molecule has 1 aliphatic heterocycles. The van der Waals surface area contributed by atoms with Gasteiger partial charge in [-0.05, 0) is 37.1 Å². The number of amides is 2. The van der Waals surface area contributed by atoms with E-state index in [2.05, 4.69) is 5.32 Å². The summed E-state index contributed by atoms with van der Waals surface area (Å²) in [5.74, 6) is -0.655. The van der Waals surface area contributed by atoms with Crippen LogP contribution in [0.4, 0.5) is 0 Å². The first-order chi connectivity index (χ1) is 12.9. The molecule has 0 spiro atoms. The van der Waals surface area contributed by atoms with E-state index in [1.54, 1.807) is 18.2 Å². The zero-order chi connectivity index (χ0) is 19.8. The monoisotopic (exact) mass is 396 g/mol. The Balaban J connectivity index is 1.96. The van der Waals surface area contributed by atoms with Crippen LogP contribution in [0.3, 0.4) is 0 Å². The highest BCUT2D eigenvalue weighted by atomic mass is 35.5. The molecule has 1 fully saturated rings. The summed E-state index contributed by atoms with van der Waals surface area (Å²) in [6, 6.07) is 4.23. The van der Waals surface area contributed by atoms with E-state index in [0.29, 0.717) is 30.5 Å². The SMILES string of the molecule is CCCCOC(=O)C[C@@H]1C(=O)NCCN1C(=O)COc1ccc(Cl)cc1C. The maximum atomic E-state index is 12.6. The smallest absolute Gasteiger partial charge is 0.308 e. The summed E-state index contributed by atoms with van der Waals surface area (Å²) >= 11 is 5.91. The van der Waals surface area contributed by atoms with Gasteiger partial charge >= 0.3 is 5.97 Å². The van der Waals surface area contributed by atoms with Gasteiger partial charge in [0.2, 0.25) is 5.91 Å². The number of nitrogens with zero attached hydrogens (tertiary/aromatic N) is 1. The van der Waals surface area contributed by atoms with Gasteiger partial charge < -0.3 is 19.7 Å². The van der Waals surface area contributed by atoms with Crippen LogP contribution in [0, 0.1) is 6.92 Å². The Morgan fingerprint density at radius 2 is 2.15 bits per heavy atom. The summed E-state index contributed by atoms with van der Waals surface area (Å²) < 4.78 is 10.7. The Morgan fingerprint density at radius 3 is 2.85 bits per heavy atom. The fourth-order valence-electron chi connectivity index (χ4n) is 2.76. The topological polar surface area (TPSA) is 84.9 Å². The van der Waals surface area contributed by atoms with E-state index >= 15 is 0 Å². The molecular weight excluding hydrogens is 372 g/mol. The van der Waals surface area contributed by atoms with E-state index in [9.17, 15) is 14.4 Å². The number of hydrogen-bond acceptors (Lipinski definition) is 5. The summed E-state index contributed by atoms with van der Waals surface area (Å²) in [5, 5.41) is 3.27. The van der Waals surface area contributed by atoms with E-state index in [-0.39, 0.29) is 24.8 Å². The van der Waals surface area contributed by atoms with Crippen molar-refractivity contribution in [3.05, 3.63) is 28.8 Å². The van der Waals surface area contributed by atoms with Gasteiger partial charge in [-0.15, -0.1) is 0 Å². The molecule has 27 heavy (non-hydrogen) atoms. The predicted octanol–water partition coefficient (Wildman–Crippen LogP) is 2.09. The minimum atomic E-state index is -0.879. The molecule has 1 aliphatic rings.